The Morgan fingerprint density at radius 1 is 1.00 bits per heavy atom. The number of hydrogen-bond donors (Lipinski definition) is 0. The first-order valence-corrected chi connectivity index (χ1v) is 6.59. The van der Waals surface area contributed by atoms with E-state index in [1.807, 2.05) is 36.4 Å². The number of fused-ring (bicyclic) bond motifs is 1. The van der Waals surface area contributed by atoms with Crippen molar-refractivity contribution < 1.29 is 17.4 Å². The van der Waals surface area contributed by atoms with Crippen molar-refractivity contribution in [3.8, 4) is 0 Å². The molecule has 1 nitrogen and oxygen atoms in total. The van der Waals surface area contributed by atoms with Crippen LogP contribution >= 0.6 is 24.8 Å². The average molecular weight is 374 g/mol. The van der Waals surface area contributed by atoms with Gasteiger partial charge in [-0.2, -0.15) is 23.3 Å². The van der Waals surface area contributed by atoms with Crippen LogP contribution in [0.1, 0.15) is 27.7 Å². The summed E-state index contributed by atoms with van der Waals surface area (Å²) in [4.78, 5) is 4.06. The molecule has 1 unspecified atom stereocenters. The maximum absolute atomic E-state index is 4.06. The number of aromatic nitrogens is 1. The van der Waals surface area contributed by atoms with Crippen molar-refractivity contribution in [3.05, 3.63) is 65.4 Å². The molecule has 118 valence electrons. The Morgan fingerprint density at radius 2 is 1.64 bits per heavy atom. The van der Waals surface area contributed by atoms with Gasteiger partial charge in [0, 0.05) is 0 Å². The van der Waals surface area contributed by atoms with E-state index in [1.165, 1.54) is 22.1 Å². The predicted molar refractivity (Wildman–Crippen MR) is 95.0 cm³/mol. The topological polar surface area (TPSA) is 12.9 Å². The number of benzene rings is 1. The van der Waals surface area contributed by atoms with E-state index in [2.05, 4.69) is 45.0 Å². The summed E-state index contributed by atoms with van der Waals surface area (Å²) in [5, 5.41) is 1.17. The minimum atomic E-state index is 0. The van der Waals surface area contributed by atoms with Crippen molar-refractivity contribution in [1.82, 2.24) is 4.98 Å². The second kappa shape index (κ2) is 10.9. The molecule has 1 aromatic heterocycles. The first-order chi connectivity index (χ1) is 9.09. The monoisotopic (exact) mass is 373 g/mol. The molecule has 0 radical (unpaired) electrons. The third kappa shape index (κ3) is 5.78. The Morgan fingerprint density at radius 3 is 2.09 bits per heavy atom. The van der Waals surface area contributed by atoms with Crippen molar-refractivity contribution in [3.63, 3.8) is 0 Å². The molecule has 22 heavy (non-hydrogen) atoms. The largest absolute Gasteiger partial charge is 2.00 e. The van der Waals surface area contributed by atoms with Crippen LogP contribution in [0.15, 0.2) is 53.1 Å². The van der Waals surface area contributed by atoms with Crippen LogP contribution in [0.3, 0.4) is 0 Å². The van der Waals surface area contributed by atoms with E-state index in [4.69, 9.17) is 0 Å². The van der Waals surface area contributed by atoms with Gasteiger partial charge in [-0.1, -0.05) is 57.2 Å². The number of pyridine rings is 1. The van der Waals surface area contributed by atoms with Gasteiger partial charge in [0.2, 0.25) is 0 Å². The van der Waals surface area contributed by atoms with Crippen LogP contribution in [0, 0.1) is 18.2 Å². The van der Waals surface area contributed by atoms with Gasteiger partial charge in [-0.25, -0.2) is 5.57 Å². The fourth-order valence-corrected chi connectivity index (χ4v) is 2.13. The van der Waals surface area contributed by atoms with Crippen molar-refractivity contribution in [2.24, 2.45) is 5.92 Å². The summed E-state index contributed by atoms with van der Waals surface area (Å²) >= 11 is 0. The van der Waals surface area contributed by atoms with E-state index in [0.29, 0.717) is 5.92 Å². The number of para-hydroxylation sites is 1. The van der Waals surface area contributed by atoms with Gasteiger partial charge in [0.1, 0.15) is 0 Å². The zero-order valence-corrected chi connectivity index (χ0v) is 16.1. The first-order valence-electron chi connectivity index (χ1n) is 6.59. The minimum absolute atomic E-state index is 0. The molecule has 1 aromatic carbocycles. The first kappa shape index (κ1) is 23.5. The number of halogens is 2. The van der Waals surface area contributed by atoms with Gasteiger partial charge in [0.25, 0.3) is 0 Å². The molecule has 1 aliphatic rings. The van der Waals surface area contributed by atoms with Gasteiger partial charge in [0.05, 0.1) is 0 Å². The third-order valence-electron chi connectivity index (χ3n) is 3.70. The molecule has 2 aromatic rings. The number of allylic oxidation sites excluding steroid dienone is 4. The van der Waals surface area contributed by atoms with Gasteiger partial charge in [0.15, 0.2) is 0 Å². The molecule has 1 aliphatic carbocycles. The predicted octanol–water partition coefficient (Wildman–Crippen LogP) is 5.60. The number of nitrogens with zero attached hydrogens (tertiary/aromatic N) is 1. The molecule has 0 fully saturated rings. The van der Waals surface area contributed by atoms with Crippen molar-refractivity contribution in [2.45, 2.75) is 27.7 Å². The van der Waals surface area contributed by atoms with E-state index in [1.54, 1.807) is 0 Å². The second-order valence-corrected chi connectivity index (χ2v) is 4.93. The van der Waals surface area contributed by atoms with Crippen LogP contribution in [0.4, 0.5) is 0 Å². The Hall–Kier alpha value is -0.778. The summed E-state index contributed by atoms with van der Waals surface area (Å²) in [7, 11) is 0. The van der Waals surface area contributed by atoms with Crippen molar-refractivity contribution in [1.29, 1.82) is 0 Å². The van der Waals surface area contributed by atoms with E-state index < -0.39 is 0 Å². The molecule has 0 saturated carbocycles. The molecule has 4 heteroatoms. The van der Waals surface area contributed by atoms with Gasteiger partial charge in [-0.05, 0) is 5.52 Å². The normalized spacial score (nSPS) is 15.6. The van der Waals surface area contributed by atoms with Crippen LogP contribution in [-0.4, -0.2) is 4.98 Å². The molecule has 0 spiro atoms. The molecular formula is C18H21Cl2CrN. The molecule has 0 bridgehead atoms. The Bertz CT molecular complexity index is 585. The summed E-state index contributed by atoms with van der Waals surface area (Å²) in [6.45, 7) is 8.67. The van der Waals surface area contributed by atoms with Gasteiger partial charge >= 0.3 is 17.4 Å². The Kier molecular flexibility index (Phi) is 11.6. The average Bonchev–Trinajstić information content (AvgIpc) is 2.66. The molecular weight excluding hydrogens is 353 g/mol. The SMILES string of the molecule is CC1=[C-]C(C)C(C)=C1C.Cl.Cl.[Cr+2].[c-]1ccc2ccccc2n1. The third-order valence-corrected chi connectivity index (χ3v) is 3.70. The van der Waals surface area contributed by atoms with Gasteiger partial charge in [-0.15, -0.1) is 37.1 Å². The van der Waals surface area contributed by atoms with Crippen molar-refractivity contribution in [2.75, 3.05) is 0 Å². The summed E-state index contributed by atoms with van der Waals surface area (Å²) < 4.78 is 0. The van der Waals surface area contributed by atoms with E-state index >= 15 is 0 Å². The summed E-state index contributed by atoms with van der Waals surface area (Å²) in [6, 6.07) is 11.8. The molecule has 0 aliphatic heterocycles. The van der Waals surface area contributed by atoms with Crippen LogP contribution in [0.25, 0.3) is 10.9 Å². The minimum Gasteiger partial charge on any atom is -0.386 e. The number of rotatable bonds is 0. The van der Waals surface area contributed by atoms with Crippen LogP contribution in [0.5, 0.6) is 0 Å². The van der Waals surface area contributed by atoms with Gasteiger partial charge in [-0.3, -0.25) is 6.08 Å². The van der Waals surface area contributed by atoms with E-state index in [0.717, 1.165) is 5.52 Å². The van der Waals surface area contributed by atoms with E-state index in [-0.39, 0.29) is 42.2 Å². The quantitative estimate of drug-likeness (QED) is 0.547. The second-order valence-electron chi connectivity index (χ2n) is 4.93. The van der Waals surface area contributed by atoms with Crippen molar-refractivity contribution >= 4 is 35.7 Å². The smallest absolute Gasteiger partial charge is 0.386 e. The molecule has 0 amide bonds. The Labute approximate surface area is 156 Å². The molecule has 0 N–H and O–H groups in total. The summed E-state index contributed by atoms with van der Waals surface area (Å²) in [5.74, 6) is 0.560. The zero-order valence-electron chi connectivity index (χ0n) is 13.2. The standard InChI is InChI=1S/C9H6N.C9H13.2ClH.Cr/c1-2-6-9-8(4-1)5-3-7-10-9;1-6-5-7(2)9(4)8(6)3;;;/h1-6H;6H,1-4H3;2*1H;/q2*-1;;;+2. The summed E-state index contributed by atoms with van der Waals surface area (Å²) in [5.41, 5.74) is 5.25. The summed E-state index contributed by atoms with van der Waals surface area (Å²) in [6.07, 6.45) is 6.14. The fourth-order valence-electron chi connectivity index (χ4n) is 2.13. The molecule has 0 saturated heterocycles. The van der Waals surface area contributed by atoms with Crippen LogP contribution < -0.4 is 0 Å². The van der Waals surface area contributed by atoms with Gasteiger partial charge < -0.3 is 4.98 Å². The molecule has 1 atom stereocenters. The van der Waals surface area contributed by atoms with E-state index in [9.17, 15) is 0 Å². The maximum Gasteiger partial charge on any atom is 2.00 e. The van der Waals surface area contributed by atoms with Crippen LogP contribution in [0.2, 0.25) is 0 Å². The number of hydrogen-bond acceptors (Lipinski definition) is 1. The molecule has 3 rings (SSSR count). The zero-order chi connectivity index (χ0) is 13.8. The Balaban J connectivity index is 0. The molecule has 1 heterocycles. The maximum atomic E-state index is 4.06. The van der Waals surface area contributed by atoms with Crippen LogP contribution in [-0.2, 0) is 17.4 Å². The fraction of sp³-hybridized carbons (Fsp3) is 0.278.